The van der Waals surface area contributed by atoms with Crippen molar-refractivity contribution in [2.75, 3.05) is 13.7 Å². The normalized spacial score (nSPS) is 13.8. The number of rotatable bonds is 4. The molecular formula is C17H16N4O3. The number of nitrogens with zero attached hydrogens (tertiary/aromatic N) is 2. The maximum absolute atomic E-state index is 12.2. The number of hydrazine groups is 1. The van der Waals surface area contributed by atoms with E-state index in [2.05, 4.69) is 16.0 Å². The summed E-state index contributed by atoms with van der Waals surface area (Å²) in [4.78, 5) is 24.2. The highest BCUT2D eigenvalue weighted by molar-refractivity contribution is 6.07. The van der Waals surface area contributed by atoms with E-state index < -0.39 is 6.03 Å². The number of carbonyl (C=O) groups is 2. The van der Waals surface area contributed by atoms with E-state index in [-0.39, 0.29) is 12.5 Å². The zero-order chi connectivity index (χ0) is 16.9. The van der Waals surface area contributed by atoms with Gasteiger partial charge in [-0.15, -0.1) is 0 Å². The van der Waals surface area contributed by atoms with Gasteiger partial charge in [0.05, 0.1) is 19.4 Å². The van der Waals surface area contributed by atoms with Crippen LogP contribution in [0.3, 0.4) is 0 Å². The average Bonchev–Trinajstić information content (AvgIpc) is 2.64. The van der Waals surface area contributed by atoms with Gasteiger partial charge in [-0.2, -0.15) is 5.10 Å². The van der Waals surface area contributed by atoms with Crippen molar-refractivity contribution in [2.24, 2.45) is 5.10 Å². The third-order valence-corrected chi connectivity index (χ3v) is 3.53. The molecule has 3 rings (SSSR count). The second-order valence-corrected chi connectivity index (χ2v) is 5.07. The Hall–Kier alpha value is -3.35. The molecule has 1 heterocycles. The molecule has 2 aromatic rings. The molecular weight excluding hydrogens is 308 g/mol. The number of methoxy groups -OCH3 is 1. The van der Waals surface area contributed by atoms with Crippen LogP contribution in [0.5, 0.6) is 5.75 Å². The lowest BCUT2D eigenvalue weighted by Crippen LogP contribution is -2.54. The first-order valence-electron chi connectivity index (χ1n) is 7.32. The number of urea groups is 1. The molecule has 0 unspecified atom stereocenters. The fourth-order valence-electron chi connectivity index (χ4n) is 2.33. The summed E-state index contributed by atoms with van der Waals surface area (Å²) >= 11 is 0. The van der Waals surface area contributed by atoms with E-state index in [1.165, 1.54) is 5.01 Å². The van der Waals surface area contributed by atoms with Crippen LogP contribution < -0.4 is 15.6 Å². The molecule has 1 aliphatic rings. The summed E-state index contributed by atoms with van der Waals surface area (Å²) in [5.41, 5.74) is 6.77. The van der Waals surface area contributed by atoms with E-state index in [1.54, 1.807) is 37.4 Å². The standard InChI is InChI=1S/C17H16N4O3/c1-24-15-10-6-5-9-13(15)14-11-21(17(23)19-18-14)20-16(22)12-7-3-2-4-8-12/h2-10H,11H2,1H3,(H,19,23)(H,20,22). The average molecular weight is 324 g/mol. The van der Waals surface area contributed by atoms with Crippen LogP contribution in [0.2, 0.25) is 0 Å². The predicted molar refractivity (Wildman–Crippen MR) is 88.7 cm³/mol. The van der Waals surface area contributed by atoms with Crippen molar-refractivity contribution in [1.29, 1.82) is 0 Å². The molecule has 0 atom stereocenters. The molecule has 0 radical (unpaired) electrons. The molecule has 7 heteroatoms. The van der Waals surface area contributed by atoms with Crippen molar-refractivity contribution in [3.05, 3.63) is 65.7 Å². The monoisotopic (exact) mass is 324 g/mol. The zero-order valence-electron chi connectivity index (χ0n) is 13.0. The van der Waals surface area contributed by atoms with E-state index in [1.807, 2.05) is 24.3 Å². The Kier molecular flexibility index (Phi) is 4.42. The van der Waals surface area contributed by atoms with Gasteiger partial charge in [-0.05, 0) is 24.3 Å². The largest absolute Gasteiger partial charge is 0.496 e. The molecule has 2 aromatic carbocycles. The zero-order valence-corrected chi connectivity index (χ0v) is 13.0. The molecule has 0 saturated heterocycles. The van der Waals surface area contributed by atoms with Gasteiger partial charge in [0.25, 0.3) is 5.91 Å². The summed E-state index contributed by atoms with van der Waals surface area (Å²) in [6.07, 6.45) is 0. The number of nitrogens with one attached hydrogen (secondary N) is 2. The Bertz CT molecular complexity index is 789. The minimum absolute atomic E-state index is 0.130. The van der Waals surface area contributed by atoms with Crippen LogP contribution in [-0.4, -0.2) is 36.3 Å². The highest BCUT2D eigenvalue weighted by Crippen LogP contribution is 2.19. The number of hydrogen-bond acceptors (Lipinski definition) is 4. The first-order chi connectivity index (χ1) is 11.7. The molecule has 24 heavy (non-hydrogen) atoms. The first kappa shape index (κ1) is 15.5. The smallest absolute Gasteiger partial charge is 0.356 e. The molecule has 7 nitrogen and oxygen atoms in total. The number of amides is 3. The van der Waals surface area contributed by atoms with Gasteiger partial charge in [-0.25, -0.2) is 15.2 Å². The van der Waals surface area contributed by atoms with Gasteiger partial charge in [0.1, 0.15) is 5.75 Å². The molecule has 1 aliphatic heterocycles. The molecule has 122 valence electrons. The molecule has 2 N–H and O–H groups in total. The Morgan fingerprint density at radius 2 is 1.88 bits per heavy atom. The van der Waals surface area contributed by atoms with Gasteiger partial charge >= 0.3 is 6.03 Å². The highest BCUT2D eigenvalue weighted by atomic mass is 16.5. The third kappa shape index (κ3) is 3.19. The predicted octanol–water partition coefficient (Wildman–Crippen LogP) is 1.77. The molecule has 0 fully saturated rings. The number of carbonyl (C=O) groups excluding carboxylic acids is 2. The second-order valence-electron chi connectivity index (χ2n) is 5.07. The SMILES string of the molecule is COc1ccccc1C1=NNC(=O)N(NC(=O)c2ccccc2)C1. The van der Waals surface area contributed by atoms with Gasteiger partial charge in [-0.1, -0.05) is 30.3 Å². The fraction of sp³-hybridized carbons (Fsp3) is 0.118. The number of benzene rings is 2. The van der Waals surface area contributed by atoms with Crippen LogP contribution >= 0.6 is 0 Å². The molecule has 0 bridgehead atoms. The number of ether oxygens (including phenoxy) is 1. The molecule has 0 spiro atoms. The Morgan fingerprint density at radius 1 is 1.17 bits per heavy atom. The molecule has 0 saturated carbocycles. The molecule has 3 amide bonds. The lowest BCUT2D eigenvalue weighted by atomic mass is 10.1. The minimum Gasteiger partial charge on any atom is -0.496 e. The lowest BCUT2D eigenvalue weighted by molar-refractivity contribution is 0.0839. The van der Waals surface area contributed by atoms with Crippen LogP contribution in [-0.2, 0) is 0 Å². The third-order valence-electron chi connectivity index (χ3n) is 3.53. The van der Waals surface area contributed by atoms with Gasteiger partial charge < -0.3 is 4.74 Å². The Morgan fingerprint density at radius 3 is 2.62 bits per heavy atom. The summed E-state index contributed by atoms with van der Waals surface area (Å²) < 4.78 is 5.31. The maximum Gasteiger partial charge on any atom is 0.356 e. The van der Waals surface area contributed by atoms with Crippen molar-refractivity contribution >= 4 is 17.6 Å². The summed E-state index contributed by atoms with van der Waals surface area (Å²) in [7, 11) is 1.57. The van der Waals surface area contributed by atoms with Crippen LogP contribution in [0.15, 0.2) is 59.7 Å². The van der Waals surface area contributed by atoms with Gasteiger partial charge in [-0.3, -0.25) is 10.2 Å². The van der Waals surface area contributed by atoms with E-state index in [9.17, 15) is 9.59 Å². The fourth-order valence-corrected chi connectivity index (χ4v) is 2.33. The van der Waals surface area contributed by atoms with E-state index >= 15 is 0 Å². The summed E-state index contributed by atoms with van der Waals surface area (Å²) in [6, 6.07) is 15.5. The van der Waals surface area contributed by atoms with Crippen molar-refractivity contribution in [3.8, 4) is 5.75 Å². The van der Waals surface area contributed by atoms with Gasteiger partial charge in [0.2, 0.25) is 0 Å². The van der Waals surface area contributed by atoms with Gasteiger partial charge in [0.15, 0.2) is 0 Å². The second kappa shape index (κ2) is 6.82. The van der Waals surface area contributed by atoms with Crippen molar-refractivity contribution in [1.82, 2.24) is 15.9 Å². The van der Waals surface area contributed by atoms with Crippen molar-refractivity contribution in [2.45, 2.75) is 0 Å². The lowest BCUT2D eigenvalue weighted by Gasteiger charge is -2.27. The van der Waals surface area contributed by atoms with Crippen molar-refractivity contribution in [3.63, 3.8) is 0 Å². The minimum atomic E-state index is -0.502. The van der Waals surface area contributed by atoms with Crippen LogP contribution in [0, 0.1) is 0 Å². The number of para-hydroxylation sites is 1. The summed E-state index contributed by atoms with van der Waals surface area (Å²) in [6.45, 7) is 0.130. The first-order valence-corrected chi connectivity index (χ1v) is 7.32. The van der Waals surface area contributed by atoms with Crippen molar-refractivity contribution < 1.29 is 14.3 Å². The van der Waals surface area contributed by atoms with E-state index in [4.69, 9.17) is 4.74 Å². The molecule has 0 aromatic heterocycles. The Labute approximate surface area is 138 Å². The maximum atomic E-state index is 12.2. The van der Waals surface area contributed by atoms with E-state index in [0.717, 1.165) is 5.56 Å². The number of hydrazone groups is 1. The summed E-state index contributed by atoms with van der Waals surface area (Å²) in [5.74, 6) is 0.272. The quantitative estimate of drug-likeness (QED) is 0.899. The molecule has 0 aliphatic carbocycles. The van der Waals surface area contributed by atoms with Gasteiger partial charge in [0, 0.05) is 11.1 Å². The van der Waals surface area contributed by atoms with E-state index in [0.29, 0.717) is 17.0 Å². The highest BCUT2D eigenvalue weighted by Gasteiger charge is 2.25. The Balaban J connectivity index is 1.78. The van der Waals surface area contributed by atoms with Crippen LogP contribution in [0.25, 0.3) is 0 Å². The van der Waals surface area contributed by atoms with Crippen LogP contribution in [0.1, 0.15) is 15.9 Å². The van der Waals surface area contributed by atoms with Crippen LogP contribution in [0.4, 0.5) is 4.79 Å². The summed E-state index contributed by atoms with van der Waals surface area (Å²) in [5, 5.41) is 5.25. The topological polar surface area (TPSA) is 83.0 Å². The number of hydrogen-bond donors (Lipinski definition) is 2.